The van der Waals surface area contributed by atoms with Crippen molar-refractivity contribution in [2.24, 2.45) is 11.7 Å². The monoisotopic (exact) mass is 272 g/mol. The lowest BCUT2D eigenvalue weighted by Gasteiger charge is -2.42. The number of hydrogen-bond donors (Lipinski definition) is 1. The average Bonchev–Trinajstić information content (AvgIpc) is 2.30. The molecule has 2 N–H and O–H groups in total. The van der Waals surface area contributed by atoms with Crippen molar-refractivity contribution in [2.45, 2.75) is 32.4 Å². The zero-order valence-electron chi connectivity index (χ0n) is 10.2. The van der Waals surface area contributed by atoms with Gasteiger partial charge in [0.25, 0.3) is 0 Å². The second-order valence-corrected chi connectivity index (χ2v) is 5.66. The topological polar surface area (TPSA) is 29.3 Å². The largest absolute Gasteiger partial charge is 0.368 e. The molecular weight excluding hydrogens is 255 g/mol. The van der Waals surface area contributed by atoms with Gasteiger partial charge in [-0.3, -0.25) is 0 Å². The molecule has 0 bridgehead atoms. The predicted octanol–water partition coefficient (Wildman–Crippen LogP) is 3.56. The third-order valence-electron chi connectivity index (χ3n) is 3.87. The number of nitrogens with zero attached hydrogens (tertiary/aromatic N) is 1. The number of anilines is 1. The smallest absolute Gasteiger partial charge is 0.0612 e. The van der Waals surface area contributed by atoms with Crippen LogP contribution in [0.4, 0.5) is 5.69 Å². The van der Waals surface area contributed by atoms with Crippen LogP contribution in [0, 0.1) is 5.92 Å². The molecule has 2 nitrogen and oxygen atoms in total. The highest BCUT2D eigenvalue weighted by Crippen LogP contribution is 2.32. The minimum Gasteiger partial charge on any atom is -0.368 e. The normalized spacial score (nSPS) is 29.5. The lowest BCUT2D eigenvalue weighted by atomic mass is 9.87. The Hall–Kier alpha value is -0.440. The van der Waals surface area contributed by atoms with E-state index in [1.165, 1.54) is 0 Å². The van der Waals surface area contributed by atoms with Crippen LogP contribution in [-0.2, 0) is 0 Å². The molecule has 0 aliphatic carbocycles. The molecule has 3 atom stereocenters. The summed E-state index contributed by atoms with van der Waals surface area (Å²) >= 11 is 12.0. The molecular formula is C13H18Cl2N2. The Morgan fingerprint density at radius 2 is 1.94 bits per heavy atom. The zero-order valence-corrected chi connectivity index (χ0v) is 11.7. The third kappa shape index (κ3) is 2.54. The second-order valence-electron chi connectivity index (χ2n) is 4.84. The maximum atomic E-state index is 6.09. The molecule has 94 valence electrons. The molecule has 0 aromatic heterocycles. The molecule has 1 aromatic rings. The first-order chi connectivity index (χ1) is 8.00. The molecule has 0 spiro atoms. The van der Waals surface area contributed by atoms with Crippen LogP contribution in [-0.4, -0.2) is 18.6 Å². The summed E-state index contributed by atoms with van der Waals surface area (Å²) in [4.78, 5) is 2.36. The summed E-state index contributed by atoms with van der Waals surface area (Å²) in [5.41, 5.74) is 7.22. The summed E-state index contributed by atoms with van der Waals surface area (Å²) in [7, 11) is 0. The van der Waals surface area contributed by atoms with Crippen molar-refractivity contribution >= 4 is 28.9 Å². The van der Waals surface area contributed by atoms with Crippen LogP contribution in [0.25, 0.3) is 0 Å². The molecule has 2 rings (SSSR count). The summed E-state index contributed by atoms with van der Waals surface area (Å²) in [6, 6.07) is 6.53. The fraction of sp³-hybridized carbons (Fsp3) is 0.538. The number of hydrogen-bond acceptors (Lipinski definition) is 2. The molecule has 1 aliphatic rings. The van der Waals surface area contributed by atoms with Gasteiger partial charge in [-0.25, -0.2) is 0 Å². The van der Waals surface area contributed by atoms with Gasteiger partial charge in [0.1, 0.15) is 0 Å². The quantitative estimate of drug-likeness (QED) is 0.847. The Labute approximate surface area is 113 Å². The van der Waals surface area contributed by atoms with Crippen LogP contribution in [0.2, 0.25) is 10.0 Å². The van der Waals surface area contributed by atoms with E-state index in [9.17, 15) is 0 Å². The van der Waals surface area contributed by atoms with E-state index in [0.29, 0.717) is 28.0 Å². The van der Waals surface area contributed by atoms with Crippen LogP contribution >= 0.6 is 23.2 Å². The van der Waals surface area contributed by atoms with Crippen molar-refractivity contribution < 1.29 is 0 Å². The molecule has 17 heavy (non-hydrogen) atoms. The molecule has 1 saturated heterocycles. The lowest BCUT2D eigenvalue weighted by Crippen LogP contribution is -2.51. The van der Waals surface area contributed by atoms with Crippen molar-refractivity contribution in [2.75, 3.05) is 11.4 Å². The first kappa shape index (κ1) is 13.0. The van der Waals surface area contributed by atoms with Crippen LogP contribution in [0.15, 0.2) is 18.2 Å². The number of nitrogens with two attached hydrogens (primary N) is 1. The summed E-state index contributed by atoms with van der Waals surface area (Å²) < 4.78 is 0. The first-order valence-electron chi connectivity index (χ1n) is 5.98. The second kappa shape index (κ2) is 5.05. The van der Waals surface area contributed by atoms with E-state index < -0.39 is 0 Å². The highest BCUT2D eigenvalue weighted by Gasteiger charge is 2.30. The number of halogens is 2. The number of piperidine rings is 1. The summed E-state index contributed by atoms with van der Waals surface area (Å²) in [6.45, 7) is 5.40. The van der Waals surface area contributed by atoms with Gasteiger partial charge in [0.15, 0.2) is 0 Å². The fourth-order valence-electron chi connectivity index (χ4n) is 2.42. The van der Waals surface area contributed by atoms with Crippen molar-refractivity contribution in [3.8, 4) is 0 Å². The van der Waals surface area contributed by atoms with Gasteiger partial charge in [0.2, 0.25) is 0 Å². The Balaban J connectivity index is 2.24. The van der Waals surface area contributed by atoms with Gasteiger partial charge in [0.05, 0.1) is 10.0 Å². The van der Waals surface area contributed by atoms with Crippen molar-refractivity contribution in [1.29, 1.82) is 0 Å². The molecule has 1 fully saturated rings. The summed E-state index contributed by atoms with van der Waals surface area (Å²) in [5.74, 6) is 0.484. The van der Waals surface area contributed by atoms with Crippen molar-refractivity contribution in [3.05, 3.63) is 28.2 Å². The minimum atomic E-state index is 0.295. The van der Waals surface area contributed by atoms with E-state index in [0.717, 1.165) is 18.7 Å². The van der Waals surface area contributed by atoms with E-state index in [-0.39, 0.29) is 0 Å². The molecule has 1 aromatic carbocycles. The van der Waals surface area contributed by atoms with Crippen LogP contribution in [0.3, 0.4) is 0 Å². The van der Waals surface area contributed by atoms with Crippen molar-refractivity contribution in [3.63, 3.8) is 0 Å². The van der Waals surface area contributed by atoms with Crippen LogP contribution < -0.4 is 10.6 Å². The van der Waals surface area contributed by atoms with Gasteiger partial charge in [-0.15, -0.1) is 0 Å². The molecule has 4 heteroatoms. The zero-order chi connectivity index (χ0) is 12.6. The van der Waals surface area contributed by atoms with Gasteiger partial charge in [-0.1, -0.05) is 30.1 Å². The van der Waals surface area contributed by atoms with Gasteiger partial charge in [-0.2, -0.15) is 0 Å². The predicted molar refractivity (Wildman–Crippen MR) is 75.0 cm³/mol. The molecule has 0 amide bonds. The van der Waals surface area contributed by atoms with Crippen LogP contribution in [0.5, 0.6) is 0 Å². The highest BCUT2D eigenvalue weighted by molar-refractivity contribution is 6.42. The molecule has 1 heterocycles. The molecule has 0 radical (unpaired) electrons. The Kier molecular flexibility index (Phi) is 3.86. The Morgan fingerprint density at radius 1 is 1.24 bits per heavy atom. The molecule has 1 aliphatic heterocycles. The van der Waals surface area contributed by atoms with E-state index >= 15 is 0 Å². The Bertz CT molecular complexity index is 408. The maximum Gasteiger partial charge on any atom is 0.0612 e. The maximum absolute atomic E-state index is 6.09. The fourth-order valence-corrected chi connectivity index (χ4v) is 2.72. The van der Waals surface area contributed by atoms with E-state index in [2.05, 4.69) is 18.7 Å². The van der Waals surface area contributed by atoms with E-state index in [4.69, 9.17) is 28.9 Å². The minimum absolute atomic E-state index is 0.295. The van der Waals surface area contributed by atoms with Crippen molar-refractivity contribution in [1.82, 2.24) is 0 Å². The molecule has 3 unspecified atom stereocenters. The SMILES string of the molecule is CC1C(N)CCN(c2ccc(Cl)c(Cl)c2)C1C. The Morgan fingerprint density at radius 3 is 2.59 bits per heavy atom. The average molecular weight is 273 g/mol. The summed E-state index contributed by atoms with van der Waals surface area (Å²) in [5, 5.41) is 1.21. The van der Waals surface area contributed by atoms with Crippen LogP contribution in [0.1, 0.15) is 20.3 Å². The lowest BCUT2D eigenvalue weighted by molar-refractivity contribution is 0.315. The number of rotatable bonds is 1. The third-order valence-corrected chi connectivity index (χ3v) is 4.61. The standard InChI is InChI=1S/C13H18Cl2N2/c1-8-9(2)17(6-5-13(8)16)10-3-4-11(14)12(15)7-10/h3-4,7-9,13H,5-6,16H2,1-2H3. The number of benzene rings is 1. The van der Waals surface area contributed by atoms with E-state index in [1.807, 2.05) is 18.2 Å². The molecule has 0 saturated carbocycles. The van der Waals surface area contributed by atoms with Gasteiger partial charge >= 0.3 is 0 Å². The van der Waals surface area contributed by atoms with Gasteiger partial charge in [-0.05, 0) is 37.5 Å². The van der Waals surface area contributed by atoms with Gasteiger partial charge in [0, 0.05) is 24.3 Å². The van der Waals surface area contributed by atoms with E-state index in [1.54, 1.807) is 0 Å². The van der Waals surface area contributed by atoms with Gasteiger partial charge < -0.3 is 10.6 Å². The first-order valence-corrected chi connectivity index (χ1v) is 6.73. The summed E-state index contributed by atoms with van der Waals surface area (Å²) in [6.07, 6.45) is 1.02. The highest BCUT2D eigenvalue weighted by atomic mass is 35.5.